The monoisotopic (exact) mass is 483 g/mol. The third-order valence-electron chi connectivity index (χ3n) is 4.72. The van der Waals surface area contributed by atoms with Crippen LogP contribution in [0.15, 0.2) is 47.4 Å². The Hall–Kier alpha value is -3.79. The average Bonchev–Trinajstić information content (AvgIpc) is 3.07. The molecule has 9 nitrogen and oxygen atoms in total. The number of thioether (sulfide) groups is 1. The quantitative estimate of drug-likeness (QED) is 0.525. The van der Waals surface area contributed by atoms with Gasteiger partial charge < -0.3 is 20.1 Å². The first-order valence-corrected chi connectivity index (χ1v) is 11.4. The van der Waals surface area contributed by atoms with Gasteiger partial charge in [0.25, 0.3) is 17.1 Å². The highest BCUT2D eigenvalue weighted by atomic mass is 32.2. The van der Waals surface area contributed by atoms with Crippen LogP contribution in [0, 0.1) is 0 Å². The maximum Gasteiger partial charge on any atom is 0.293 e. The number of carbonyl (C=O) groups is 4. The van der Waals surface area contributed by atoms with Crippen molar-refractivity contribution in [2.24, 2.45) is 0 Å². The number of methoxy groups -OCH3 is 1. The molecule has 1 saturated heterocycles. The summed E-state index contributed by atoms with van der Waals surface area (Å²) in [5.74, 6) is 0.0725. The van der Waals surface area contributed by atoms with Gasteiger partial charge in [-0.1, -0.05) is 12.1 Å². The van der Waals surface area contributed by atoms with Crippen molar-refractivity contribution in [3.05, 3.63) is 58.5 Å². The molecule has 0 unspecified atom stereocenters. The lowest BCUT2D eigenvalue weighted by molar-refractivity contribution is -0.122. The first-order valence-electron chi connectivity index (χ1n) is 10.5. The number of hydrogen-bond acceptors (Lipinski definition) is 7. The lowest BCUT2D eigenvalue weighted by Gasteiger charge is -2.13. The molecule has 3 rings (SSSR count). The molecule has 0 atom stereocenters. The van der Waals surface area contributed by atoms with Gasteiger partial charge in [-0.05, 0) is 60.7 Å². The van der Waals surface area contributed by atoms with Gasteiger partial charge in [0.15, 0.2) is 11.5 Å². The average molecular weight is 484 g/mol. The van der Waals surface area contributed by atoms with Crippen LogP contribution in [0.25, 0.3) is 6.08 Å². The van der Waals surface area contributed by atoms with Gasteiger partial charge in [0.05, 0.1) is 18.6 Å². The molecule has 0 saturated carbocycles. The smallest absolute Gasteiger partial charge is 0.293 e. The highest BCUT2D eigenvalue weighted by Gasteiger charge is 2.34. The second-order valence-corrected chi connectivity index (χ2v) is 8.19. The fourth-order valence-electron chi connectivity index (χ4n) is 3.22. The molecular weight excluding hydrogens is 458 g/mol. The Morgan fingerprint density at radius 1 is 1.12 bits per heavy atom. The summed E-state index contributed by atoms with van der Waals surface area (Å²) in [6.07, 6.45) is 1.62. The number of carbonyl (C=O) groups excluding carboxylic acids is 4. The third kappa shape index (κ3) is 6.16. The minimum atomic E-state index is -0.426. The summed E-state index contributed by atoms with van der Waals surface area (Å²) in [7, 11) is 1.53. The molecule has 1 heterocycles. The molecule has 1 fully saturated rings. The Morgan fingerprint density at radius 3 is 2.62 bits per heavy atom. The Balaban J connectivity index is 1.61. The van der Waals surface area contributed by atoms with E-state index >= 15 is 0 Å². The maximum absolute atomic E-state index is 12.7. The first kappa shape index (κ1) is 24.8. The van der Waals surface area contributed by atoms with Gasteiger partial charge in [-0.25, -0.2) is 0 Å². The number of ether oxygens (including phenoxy) is 2. The van der Waals surface area contributed by atoms with Crippen molar-refractivity contribution in [2.75, 3.05) is 32.1 Å². The Kier molecular flexibility index (Phi) is 8.31. The largest absolute Gasteiger partial charge is 0.493 e. The van der Waals surface area contributed by atoms with Gasteiger partial charge >= 0.3 is 0 Å². The molecule has 0 aliphatic carbocycles. The van der Waals surface area contributed by atoms with Crippen molar-refractivity contribution in [1.82, 2.24) is 10.2 Å². The molecule has 2 N–H and O–H groups in total. The number of nitrogens with zero attached hydrogens (tertiary/aromatic N) is 1. The molecule has 4 amide bonds. The minimum absolute atomic E-state index is 0.0335. The molecule has 34 heavy (non-hydrogen) atoms. The van der Waals surface area contributed by atoms with Gasteiger partial charge in [-0.15, -0.1) is 0 Å². The van der Waals surface area contributed by atoms with E-state index in [4.69, 9.17) is 9.47 Å². The van der Waals surface area contributed by atoms with E-state index in [2.05, 4.69) is 10.6 Å². The van der Waals surface area contributed by atoms with Gasteiger partial charge in [0.2, 0.25) is 5.91 Å². The molecule has 178 valence electrons. The van der Waals surface area contributed by atoms with Crippen LogP contribution in [0.5, 0.6) is 11.5 Å². The second-order valence-electron chi connectivity index (χ2n) is 7.19. The van der Waals surface area contributed by atoms with Crippen LogP contribution >= 0.6 is 11.8 Å². The van der Waals surface area contributed by atoms with Crippen LogP contribution in [-0.4, -0.2) is 54.7 Å². The van der Waals surface area contributed by atoms with E-state index < -0.39 is 11.1 Å². The molecule has 10 heteroatoms. The predicted molar refractivity (Wildman–Crippen MR) is 130 cm³/mol. The number of benzene rings is 2. The Labute approximate surface area is 201 Å². The van der Waals surface area contributed by atoms with E-state index in [0.717, 1.165) is 16.7 Å². The SMILES string of the molecule is CCOc1ccc(/C=C2\SC(=O)N(CCNC(=O)c3cccc(NC(C)=O)c3)C2=O)cc1OC. The Bertz CT molecular complexity index is 1150. The van der Waals surface area contributed by atoms with Crippen LogP contribution in [0.4, 0.5) is 10.5 Å². The van der Waals surface area contributed by atoms with E-state index in [1.165, 1.54) is 14.0 Å². The normalized spacial score (nSPS) is 14.3. The Morgan fingerprint density at radius 2 is 1.91 bits per heavy atom. The topological polar surface area (TPSA) is 114 Å². The molecule has 1 aliphatic heterocycles. The lowest BCUT2D eigenvalue weighted by atomic mass is 10.2. The highest BCUT2D eigenvalue weighted by molar-refractivity contribution is 8.18. The van der Waals surface area contributed by atoms with Gasteiger partial charge in [-0.3, -0.25) is 24.1 Å². The number of hydrogen-bond donors (Lipinski definition) is 2. The zero-order chi connectivity index (χ0) is 24.7. The fraction of sp³-hybridized carbons (Fsp3) is 0.250. The lowest BCUT2D eigenvalue weighted by Crippen LogP contribution is -2.37. The van der Waals surface area contributed by atoms with Crippen LogP contribution < -0.4 is 20.1 Å². The second kappa shape index (κ2) is 11.4. The van der Waals surface area contributed by atoms with Crippen molar-refractivity contribution in [3.8, 4) is 11.5 Å². The molecular formula is C24H25N3O6S. The standard InChI is InChI=1S/C24H25N3O6S/c1-4-33-19-9-8-16(12-20(19)32-3)13-21-23(30)27(24(31)34-21)11-10-25-22(29)17-6-5-7-18(14-17)26-15(2)28/h5-9,12-14H,4,10-11H2,1-3H3,(H,25,29)(H,26,28)/b21-13-. The summed E-state index contributed by atoms with van der Waals surface area (Å²) >= 11 is 0.841. The van der Waals surface area contributed by atoms with E-state index in [-0.39, 0.29) is 29.8 Å². The van der Waals surface area contributed by atoms with Crippen LogP contribution in [0.2, 0.25) is 0 Å². The predicted octanol–water partition coefficient (Wildman–Crippen LogP) is 3.52. The summed E-state index contributed by atoms with van der Waals surface area (Å²) in [4.78, 5) is 50.1. The number of imide groups is 1. The van der Waals surface area contributed by atoms with Crippen molar-refractivity contribution in [2.45, 2.75) is 13.8 Å². The maximum atomic E-state index is 12.7. The van der Waals surface area contributed by atoms with Crippen LogP contribution in [-0.2, 0) is 9.59 Å². The summed E-state index contributed by atoms with van der Waals surface area (Å²) < 4.78 is 10.8. The molecule has 0 spiro atoms. The van der Waals surface area contributed by atoms with Gasteiger partial charge in [0.1, 0.15) is 0 Å². The zero-order valence-corrected chi connectivity index (χ0v) is 19.9. The van der Waals surface area contributed by atoms with E-state index in [1.807, 2.05) is 6.92 Å². The van der Waals surface area contributed by atoms with Crippen LogP contribution in [0.1, 0.15) is 29.8 Å². The first-order chi connectivity index (χ1) is 16.3. The number of nitrogens with one attached hydrogen (secondary N) is 2. The molecule has 2 aromatic rings. The van der Waals surface area contributed by atoms with Crippen molar-refractivity contribution >= 4 is 46.5 Å². The number of anilines is 1. The van der Waals surface area contributed by atoms with E-state index in [9.17, 15) is 19.2 Å². The number of amides is 4. The highest BCUT2D eigenvalue weighted by Crippen LogP contribution is 2.34. The van der Waals surface area contributed by atoms with Gasteiger partial charge in [-0.2, -0.15) is 0 Å². The fourth-order valence-corrected chi connectivity index (χ4v) is 4.08. The summed E-state index contributed by atoms with van der Waals surface area (Å²) in [5.41, 5.74) is 1.55. The molecule has 0 bridgehead atoms. The summed E-state index contributed by atoms with van der Waals surface area (Å²) in [6, 6.07) is 11.7. The van der Waals surface area contributed by atoms with Gasteiger partial charge in [0, 0.05) is 31.3 Å². The van der Waals surface area contributed by atoms with Crippen LogP contribution in [0.3, 0.4) is 0 Å². The molecule has 0 aromatic heterocycles. The molecule has 2 aromatic carbocycles. The van der Waals surface area contributed by atoms with Crippen molar-refractivity contribution < 1.29 is 28.7 Å². The van der Waals surface area contributed by atoms with E-state index in [1.54, 1.807) is 48.5 Å². The summed E-state index contributed by atoms with van der Waals surface area (Å²) in [6.45, 7) is 3.86. The molecule has 0 radical (unpaired) electrons. The zero-order valence-electron chi connectivity index (χ0n) is 19.0. The minimum Gasteiger partial charge on any atom is -0.493 e. The third-order valence-corrected chi connectivity index (χ3v) is 5.63. The van der Waals surface area contributed by atoms with E-state index in [0.29, 0.717) is 34.9 Å². The van der Waals surface area contributed by atoms with Crippen molar-refractivity contribution in [3.63, 3.8) is 0 Å². The molecule has 1 aliphatic rings. The number of rotatable bonds is 9. The van der Waals surface area contributed by atoms with Crippen molar-refractivity contribution in [1.29, 1.82) is 0 Å². The summed E-state index contributed by atoms with van der Waals surface area (Å²) in [5, 5.41) is 4.90.